The highest BCUT2D eigenvalue weighted by Gasteiger charge is 2.54. The highest BCUT2D eigenvalue weighted by Crippen LogP contribution is 2.55. The van der Waals surface area contributed by atoms with Crippen molar-refractivity contribution < 1.29 is 22.7 Å². The molecule has 0 bridgehead atoms. The van der Waals surface area contributed by atoms with Gasteiger partial charge in [0.25, 0.3) is 11.8 Å². The first kappa shape index (κ1) is 26.6. The SMILES string of the molecule is CCOc1cc(C(C)N2CC3(CC3)c3c(CN4CC(F)(F)C4)cc(Cn4ccnc4NC)cc3C2=O)ncc1F. The Morgan fingerprint density at radius 3 is 2.58 bits per heavy atom. The van der Waals surface area contributed by atoms with E-state index >= 15 is 0 Å². The molecule has 1 saturated carbocycles. The Hall–Kier alpha value is -3.60. The summed E-state index contributed by atoms with van der Waals surface area (Å²) in [5.74, 6) is -2.55. The fraction of sp³-hybridized carbons (Fsp3) is 0.483. The molecule has 1 atom stereocenters. The van der Waals surface area contributed by atoms with Gasteiger partial charge in [-0.25, -0.2) is 18.2 Å². The van der Waals surface area contributed by atoms with E-state index in [2.05, 4.69) is 21.4 Å². The number of hydrogen-bond acceptors (Lipinski definition) is 6. The third-order valence-electron chi connectivity index (χ3n) is 8.26. The predicted octanol–water partition coefficient (Wildman–Crippen LogP) is 4.61. The van der Waals surface area contributed by atoms with Gasteiger partial charge in [-0.3, -0.25) is 14.7 Å². The number of benzene rings is 1. The van der Waals surface area contributed by atoms with Crippen molar-refractivity contribution >= 4 is 11.9 Å². The summed E-state index contributed by atoms with van der Waals surface area (Å²) in [6.07, 6.45) is 6.51. The molecule has 3 aliphatic rings. The molecule has 6 rings (SSSR count). The molecule has 212 valence electrons. The molecule has 1 aromatic carbocycles. The summed E-state index contributed by atoms with van der Waals surface area (Å²) in [5, 5.41) is 3.06. The lowest BCUT2D eigenvalue weighted by atomic mass is 9.80. The van der Waals surface area contributed by atoms with Gasteiger partial charge in [-0.15, -0.1) is 0 Å². The minimum Gasteiger partial charge on any atom is -0.491 e. The van der Waals surface area contributed by atoms with Gasteiger partial charge >= 0.3 is 0 Å². The fourth-order valence-electron chi connectivity index (χ4n) is 6.19. The van der Waals surface area contributed by atoms with Crippen molar-refractivity contribution in [1.82, 2.24) is 24.3 Å². The quantitative estimate of drug-likeness (QED) is 0.417. The number of halogens is 3. The number of hydrogen-bond donors (Lipinski definition) is 1. The number of likely N-dealkylation sites (tertiary alicyclic amines) is 1. The van der Waals surface area contributed by atoms with Gasteiger partial charge in [0.15, 0.2) is 11.6 Å². The minimum atomic E-state index is -2.67. The van der Waals surface area contributed by atoms with Crippen LogP contribution in [0.15, 0.2) is 36.8 Å². The number of amides is 1. The number of anilines is 1. The van der Waals surface area contributed by atoms with Gasteiger partial charge in [-0.05, 0) is 49.4 Å². The van der Waals surface area contributed by atoms with Crippen LogP contribution in [-0.4, -0.2) is 69.5 Å². The van der Waals surface area contributed by atoms with Crippen LogP contribution >= 0.6 is 0 Å². The minimum absolute atomic E-state index is 0.113. The molecule has 0 radical (unpaired) electrons. The van der Waals surface area contributed by atoms with E-state index in [1.54, 1.807) is 31.1 Å². The van der Waals surface area contributed by atoms with Gasteiger partial charge < -0.3 is 19.5 Å². The van der Waals surface area contributed by atoms with Crippen molar-refractivity contribution in [3.63, 3.8) is 0 Å². The van der Waals surface area contributed by atoms with E-state index in [1.807, 2.05) is 28.7 Å². The molecule has 1 saturated heterocycles. The first-order chi connectivity index (χ1) is 19.1. The summed E-state index contributed by atoms with van der Waals surface area (Å²) in [6, 6.07) is 5.16. The maximum Gasteiger partial charge on any atom is 0.272 e. The fourth-order valence-corrected chi connectivity index (χ4v) is 6.19. The maximum absolute atomic E-state index is 14.2. The molecule has 1 N–H and O–H groups in total. The van der Waals surface area contributed by atoms with Crippen LogP contribution in [0.1, 0.15) is 65.5 Å². The largest absolute Gasteiger partial charge is 0.491 e. The van der Waals surface area contributed by atoms with Gasteiger partial charge in [0.2, 0.25) is 5.95 Å². The highest BCUT2D eigenvalue weighted by molar-refractivity contribution is 5.98. The molecular formula is C29H33F3N6O2. The third-order valence-corrected chi connectivity index (χ3v) is 8.26. The Kier molecular flexibility index (Phi) is 6.52. The second-order valence-electron chi connectivity index (χ2n) is 11.2. The summed E-state index contributed by atoms with van der Waals surface area (Å²) in [6.45, 7) is 4.78. The van der Waals surface area contributed by atoms with Crippen LogP contribution in [0, 0.1) is 5.82 Å². The molecule has 1 amide bonds. The number of aromatic nitrogens is 3. The molecule has 2 aliphatic heterocycles. The van der Waals surface area contributed by atoms with Crippen LogP contribution in [0.3, 0.4) is 0 Å². The normalized spacial score (nSPS) is 19.8. The second-order valence-corrected chi connectivity index (χ2v) is 11.2. The number of carbonyl (C=O) groups is 1. The smallest absolute Gasteiger partial charge is 0.272 e. The third kappa shape index (κ3) is 4.70. The standard InChI is InChI=1S/C29H33F3N6O2/c1-4-40-24-11-23(35-12-22(24)30)18(2)38-15-28(5-6-28)25-20(14-36-16-29(31,32)17-36)9-19(10-21(25)26(38)39)13-37-8-7-34-27(37)33-3/h7-12,18H,4-6,13-17H2,1-3H3,(H,33,34). The van der Waals surface area contributed by atoms with E-state index < -0.39 is 17.8 Å². The lowest BCUT2D eigenvalue weighted by molar-refractivity contribution is -0.134. The van der Waals surface area contributed by atoms with Gasteiger partial charge in [-0.2, -0.15) is 0 Å². The van der Waals surface area contributed by atoms with E-state index in [1.165, 1.54) is 0 Å². The summed E-state index contributed by atoms with van der Waals surface area (Å²) in [5.41, 5.74) is 3.74. The summed E-state index contributed by atoms with van der Waals surface area (Å²) >= 11 is 0. The zero-order valence-electron chi connectivity index (χ0n) is 22.9. The second kappa shape index (κ2) is 9.79. The predicted molar refractivity (Wildman–Crippen MR) is 143 cm³/mol. The van der Waals surface area contributed by atoms with Gasteiger partial charge in [-0.1, -0.05) is 6.07 Å². The molecule has 3 aromatic rings. The first-order valence-electron chi connectivity index (χ1n) is 13.7. The molecule has 2 aromatic heterocycles. The number of nitrogens with one attached hydrogen (secondary N) is 1. The molecule has 1 spiro atoms. The lowest BCUT2D eigenvalue weighted by Crippen LogP contribution is -2.55. The van der Waals surface area contributed by atoms with Crippen molar-refractivity contribution in [2.75, 3.05) is 38.6 Å². The topological polar surface area (TPSA) is 75.5 Å². The molecular weight excluding hydrogens is 521 g/mol. The van der Waals surface area contributed by atoms with Crippen LogP contribution < -0.4 is 10.1 Å². The van der Waals surface area contributed by atoms with Gasteiger partial charge in [0.05, 0.1) is 44.2 Å². The van der Waals surface area contributed by atoms with Crippen molar-refractivity contribution in [3.8, 4) is 5.75 Å². The summed E-state index contributed by atoms with van der Waals surface area (Å²) in [4.78, 5) is 26.3. The number of ether oxygens (including phenoxy) is 1. The van der Waals surface area contributed by atoms with E-state index in [9.17, 15) is 18.0 Å². The molecule has 2 fully saturated rings. The van der Waals surface area contributed by atoms with Crippen LogP contribution in [0.25, 0.3) is 0 Å². The molecule has 4 heterocycles. The van der Waals surface area contributed by atoms with Crippen LogP contribution in [-0.2, 0) is 18.5 Å². The van der Waals surface area contributed by atoms with Crippen molar-refractivity contribution in [1.29, 1.82) is 0 Å². The Labute approximate surface area is 231 Å². The Morgan fingerprint density at radius 2 is 1.90 bits per heavy atom. The molecule has 1 unspecified atom stereocenters. The van der Waals surface area contributed by atoms with Crippen molar-refractivity contribution in [2.45, 2.75) is 57.2 Å². The number of pyridine rings is 1. The van der Waals surface area contributed by atoms with Crippen LogP contribution in [0.5, 0.6) is 5.75 Å². The summed E-state index contributed by atoms with van der Waals surface area (Å²) in [7, 11) is 1.79. The van der Waals surface area contributed by atoms with Crippen molar-refractivity contribution in [3.05, 3.63) is 70.6 Å². The number of imidazole rings is 1. The first-order valence-corrected chi connectivity index (χ1v) is 13.7. The van der Waals surface area contributed by atoms with Crippen LogP contribution in [0.2, 0.25) is 0 Å². The average Bonchev–Trinajstić information content (AvgIpc) is 3.53. The van der Waals surface area contributed by atoms with E-state index in [0.29, 0.717) is 43.4 Å². The number of fused-ring (bicyclic) bond motifs is 2. The van der Waals surface area contributed by atoms with E-state index in [-0.39, 0.29) is 30.2 Å². The van der Waals surface area contributed by atoms with E-state index in [4.69, 9.17) is 4.74 Å². The van der Waals surface area contributed by atoms with Crippen molar-refractivity contribution in [2.24, 2.45) is 0 Å². The monoisotopic (exact) mass is 554 g/mol. The molecule has 11 heteroatoms. The number of alkyl halides is 2. The number of nitrogens with zero attached hydrogens (tertiary/aromatic N) is 5. The Morgan fingerprint density at radius 1 is 1.12 bits per heavy atom. The Bertz CT molecular complexity index is 1450. The molecule has 1 aliphatic carbocycles. The highest BCUT2D eigenvalue weighted by atomic mass is 19.3. The lowest BCUT2D eigenvalue weighted by Gasteiger charge is -2.42. The Balaban J connectivity index is 1.39. The molecule has 8 nitrogen and oxygen atoms in total. The van der Waals surface area contributed by atoms with Gasteiger partial charge in [0, 0.05) is 49.6 Å². The maximum atomic E-state index is 14.2. The van der Waals surface area contributed by atoms with Gasteiger partial charge in [0.1, 0.15) is 0 Å². The zero-order valence-corrected chi connectivity index (χ0v) is 22.9. The summed E-state index contributed by atoms with van der Waals surface area (Å²) < 4.78 is 49.0. The van der Waals surface area contributed by atoms with E-state index in [0.717, 1.165) is 35.7 Å². The van der Waals surface area contributed by atoms with Crippen LogP contribution in [0.4, 0.5) is 19.1 Å². The average molecular weight is 555 g/mol. The zero-order chi connectivity index (χ0) is 28.2. The number of rotatable bonds is 9. The number of carbonyl (C=O) groups excluding carboxylic acids is 1. The molecule has 40 heavy (non-hydrogen) atoms.